The van der Waals surface area contributed by atoms with Crippen molar-refractivity contribution in [1.82, 2.24) is 10.5 Å². The zero-order valence-corrected chi connectivity index (χ0v) is 14.5. The Hall–Kier alpha value is -3.35. The third kappa shape index (κ3) is 3.83. The molecule has 0 bridgehead atoms. The Morgan fingerprint density at radius 2 is 2.00 bits per heavy atom. The Bertz CT molecular complexity index is 913. The molecule has 2 heterocycles. The lowest BCUT2D eigenvalue weighted by atomic mass is 10.1. The predicted octanol–water partition coefficient (Wildman–Crippen LogP) is 3.32. The van der Waals surface area contributed by atoms with E-state index in [4.69, 9.17) is 8.94 Å². The average molecular weight is 353 g/mol. The van der Waals surface area contributed by atoms with Crippen LogP contribution in [0.4, 0.5) is 5.69 Å². The molecule has 0 atom stereocenters. The molecule has 7 nitrogen and oxygen atoms in total. The average Bonchev–Trinajstić information content (AvgIpc) is 3.29. The molecule has 0 saturated carbocycles. The van der Waals surface area contributed by atoms with Crippen LogP contribution in [0.5, 0.6) is 0 Å². The Balaban J connectivity index is 1.64. The minimum absolute atomic E-state index is 0.231. The number of carbonyl (C=O) groups excluding carboxylic acids is 2. The Labute approximate surface area is 150 Å². The number of hydrogen-bond acceptors (Lipinski definition) is 5. The van der Waals surface area contributed by atoms with Crippen molar-refractivity contribution in [3.05, 3.63) is 71.0 Å². The summed E-state index contributed by atoms with van der Waals surface area (Å²) in [6.07, 6.45) is 2.06. The second kappa shape index (κ2) is 7.69. The maximum atomic E-state index is 12.4. The molecule has 0 spiro atoms. The summed E-state index contributed by atoms with van der Waals surface area (Å²) in [5.74, 6) is 0.173. The number of nitrogens with zero attached hydrogens (tertiary/aromatic N) is 1. The van der Waals surface area contributed by atoms with E-state index in [0.29, 0.717) is 35.7 Å². The van der Waals surface area contributed by atoms with Crippen LogP contribution in [0.15, 0.2) is 51.6 Å². The zero-order chi connectivity index (χ0) is 18.5. The van der Waals surface area contributed by atoms with E-state index in [9.17, 15) is 9.59 Å². The molecule has 134 valence electrons. The summed E-state index contributed by atoms with van der Waals surface area (Å²) in [6, 6.07) is 10.5. The summed E-state index contributed by atoms with van der Waals surface area (Å²) < 4.78 is 10.2. The summed E-state index contributed by atoms with van der Waals surface area (Å²) in [6.45, 7) is 3.95. The monoisotopic (exact) mass is 353 g/mol. The van der Waals surface area contributed by atoms with E-state index >= 15 is 0 Å². The maximum Gasteiger partial charge on any atom is 0.291 e. The van der Waals surface area contributed by atoms with E-state index in [-0.39, 0.29) is 17.6 Å². The summed E-state index contributed by atoms with van der Waals surface area (Å²) >= 11 is 0. The van der Waals surface area contributed by atoms with Crippen molar-refractivity contribution in [3.63, 3.8) is 0 Å². The fraction of sp³-hybridized carbons (Fsp3) is 0.211. The van der Waals surface area contributed by atoms with Crippen LogP contribution in [0.2, 0.25) is 0 Å². The molecule has 0 aliphatic heterocycles. The second-order valence-electron chi connectivity index (χ2n) is 5.73. The summed E-state index contributed by atoms with van der Waals surface area (Å²) in [5, 5.41) is 9.50. The van der Waals surface area contributed by atoms with Crippen LogP contribution in [0, 0.1) is 6.92 Å². The highest BCUT2D eigenvalue weighted by atomic mass is 16.5. The molecular weight excluding hydrogens is 334 g/mol. The number of nitrogens with one attached hydrogen (secondary N) is 2. The molecule has 0 aliphatic carbocycles. The van der Waals surface area contributed by atoms with Crippen molar-refractivity contribution in [2.75, 3.05) is 5.32 Å². The number of furan rings is 1. The van der Waals surface area contributed by atoms with Gasteiger partial charge in [0.2, 0.25) is 0 Å². The van der Waals surface area contributed by atoms with Crippen molar-refractivity contribution in [2.24, 2.45) is 0 Å². The van der Waals surface area contributed by atoms with Gasteiger partial charge >= 0.3 is 0 Å². The van der Waals surface area contributed by atoms with E-state index in [1.165, 1.54) is 6.26 Å². The fourth-order valence-electron chi connectivity index (χ4n) is 2.58. The first kappa shape index (κ1) is 17.5. The fourth-order valence-corrected chi connectivity index (χ4v) is 2.58. The van der Waals surface area contributed by atoms with Gasteiger partial charge in [0, 0.05) is 12.2 Å². The highest BCUT2D eigenvalue weighted by Crippen LogP contribution is 2.15. The van der Waals surface area contributed by atoms with Gasteiger partial charge in [-0.05, 0) is 43.2 Å². The first-order valence-electron chi connectivity index (χ1n) is 8.25. The molecule has 0 saturated heterocycles. The number of aromatic nitrogens is 1. The molecule has 3 aromatic rings. The number of hydrogen-bond donors (Lipinski definition) is 2. The lowest BCUT2D eigenvalue weighted by Gasteiger charge is -2.08. The second-order valence-corrected chi connectivity index (χ2v) is 5.73. The molecule has 2 amide bonds. The van der Waals surface area contributed by atoms with Crippen molar-refractivity contribution in [2.45, 2.75) is 26.8 Å². The first-order chi connectivity index (χ1) is 12.6. The number of anilines is 1. The van der Waals surface area contributed by atoms with Gasteiger partial charge in [0.25, 0.3) is 11.8 Å². The van der Waals surface area contributed by atoms with Crippen LogP contribution >= 0.6 is 0 Å². The molecule has 2 aromatic heterocycles. The molecule has 0 fully saturated rings. The first-order valence-corrected chi connectivity index (χ1v) is 8.25. The van der Waals surface area contributed by atoms with Crippen LogP contribution in [-0.2, 0) is 13.0 Å². The zero-order valence-electron chi connectivity index (χ0n) is 14.5. The molecule has 3 rings (SSSR count). The molecule has 0 unspecified atom stereocenters. The number of amides is 2. The molecule has 1 aromatic carbocycles. The van der Waals surface area contributed by atoms with Crippen LogP contribution in [0.25, 0.3) is 0 Å². The van der Waals surface area contributed by atoms with E-state index in [0.717, 1.165) is 5.56 Å². The van der Waals surface area contributed by atoms with Gasteiger partial charge in [-0.15, -0.1) is 0 Å². The third-order valence-electron chi connectivity index (χ3n) is 3.88. The van der Waals surface area contributed by atoms with Gasteiger partial charge in [-0.2, -0.15) is 0 Å². The summed E-state index contributed by atoms with van der Waals surface area (Å²) in [7, 11) is 0. The van der Waals surface area contributed by atoms with Crippen LogP contribution < -0.4 is 10.6 Å². The quantitative estimate of drug-likeness (QED) is 0.708. The Morgan fingerprint density at radius 3 is 2.73 bits per heavy atom. The van der Waals surface area contributed by atoms with Gasteiger partial charge < -0.3 is 19.6 Å². The molecule has 7 heteroatoms. The molecular formula is C19H19N3O4. The number of rotatable bonds is 6. The highest BCUT2D eigenvalue weighted by Gasteiger charge is 2.18. The number of carbonyl (C=O) groups is 2. The molecule has 0 radical (unpaired) electrons. The van der Waals surface area contributed by atoms with Gasteiger partial charge in [-0.1, -0.05) is 24.2 Å². The van der Waals surface area contributed by atoms with Gasteiger partial charge in [-0.25, -0.2) is 0 Å². The lowest BCUT2D eigenvalue weighted by molar-refractivity contribution is 0.0947. The third-order valence-corrected chi connectivity index (χ3v) is 3.88. The van der Waals surface area contributed by atoms with Crippen LogP contribution in [-0.4, -0.2) is 17.0 Å². The highest BCUT2D eigenvalue weighted by molar-refractivity contribution is 6.02. The van der Waals surface area contributed by atoms with Crippen LogP contribution in [0.3, 0.4) is 0 Å². The van der Waals surface area contributed by atoms with Crippen molar-refractivity contribution < 1.29 is 18.5 Å². The summed E-state index contributed by atoms with van der Waals surface area (Å²) in [5.41, 5.74) is 2.59. The van der Waals surface area contributed by atoms with Crippen LogP contribution in [0.1, 0.15) is 44.9 Å². The molecule has 2 N–H and O–H groups in total. The van der Waals surface area contributed by atoms with Gasteiger partial charge in [0.1, 0.15) is 11.3 Å². The van der Waals surface area contributed by atoms with E-state index < -0.39 is 0 Å². The summed E-state index contributed by atoms with van der Waals surface area (Å²) in [4.78, 5) is 24.4. The minimum Gasteiger partial charge on any atom is -0.459 e. The Kier molecular flexibility index (Phi) is 5.17. The lowest BCUT2D eigenvalue weighted by Crippen LogP contribution is -2.24. The predicted molar refractivity (Wildman–Crippen MR) is 94.9 cm³/mol. The van der Waals surface area contributed by atoms with Crippen molar-refractivity contribution in [1.29, 1.82) is 0 Å². The smallest absolute Gasteiger partial charge is 0.291 e. The number of aryl methyl sites for hydroxylation is 2. The van der Waals surface area contributed by atoms with Gasteiger partial charge in [0.05, 0.1) is 12.0 Å². The topological polar surface area (TPSA) is 97.4 Å². The minimum atomic E-state index is -0.330. The van der Waals surface area contributed by atoms with Gasteiger partial charge in [0.15, 0.2) is 5.76 Å². The normalized spacial score (nSPS) is 10.5. The molecule has 0 aliphatic rings. The Morgan fingerprint density at radius 1 is 1.15 bits per heavy atom. The van der Waals surface area contributed by atoms with Gasteiger partial charge in [-0.3, -0.25) is 9.59 Å². The standard InChI is InChI=1S/C19H19N3O4/c1-3-15-17(12(2)26-22-15)19(24)20-11-13-6-4-7-14(10-13)21-18(23)16-8-5-9-25-16/h4-10H,3,11H2,1-2H3,(H,20,24)(H,21,23). The molecule has 26 heavy (non-hydrogen) atoms. The van der Waals surface area contributed by atoms with E-state index in [2.05, 4.69) is 15.8 Å². The van der Waals surface area contributed by atoms with E-state index in [1.807, 2.05) is 13.0 Å². The van der Waals surface area contributed by atoms with Crippen molar-refractivity contribution in [3.8, 4) is 0 Å². The maximum absolute atomic E-state index is 12.4. The van der Waals surface area contributed by atoms with E-state index in [1.54, 1.807) is 37.3 Å². The SMILES string of the molecule is CCc1noc(C)c1C(=O)NCc1cccc(NC(=O)c2ccco2)c1. The largest absolute Gasteiger partial charge is 0.459 e. The number of benzene rings is 1. The van der Waals surface area contributed by atoms with Crippen molar-refractivity contribution >= 4 is 17.5 Å².